The third-order valence-corrected chi connectivity index (χ3v) is 4.70. The fourth-order valence-electron chi connectivity index (χ4n) is 2.54. The summed E-state index contributed by atoms with van der Waals surface area (Å²) in [5.41, 5.74) is -0.580. The van der Waals surface area contributed by atoms with E-state index in [0.717, 1.165) is 5.56 Å². The van der Waals surface area contributed by atoms with Crippen molar-refractivity contribution in [2.75, 3.05) is 5.32 Å². The molecule has 0 aliphatic rings. The van der Waals surface area contributed by atoms with Gasteiger partial charge in [-0.15, -0.1) is 0 Å². The van der Waals surface area contributed by atoms with Crippen LogP contribution >= 0.6 is 23.2 Å². The molecule has 3 rings (SSSR count). The number of carboxylic acids is 1. The minimum atomic E-state index is -1.57. The minimum Gasteiger partial charge on any atom is -0.501 e. The number of H-pyrrole nitrogens is 1. The zero-order valence-electron chi connectivity index (χ0n) is 15.1. The Hall–Kier alpha value is -3.56. The first kappa shape index (κ1) is 21.2. The van der Waals surface area contributed by atoms with Crippen molar-refractivity contribution in [1.82, 2.24) is 15.3 Å². The second-order valence-corrected chi connectivity index (χ2v) is 6.83. The van der Waals surface area contributed by atoms with Crippen LogP contribution in [0.5, 0.6) is 5.75 Å². The minimum absolute atomic E-state index is 0.129. The van der Waals surface area contributed by atoms with E-state index in [1.54, 1.807) is 36.4 Å². The Morgan fingerprint density at radius 1 is 1.10 bits per heavy atom. The third kappa shape index (κ3) is 4.70. The van der Waals surface area contributed by atoms with Gasteiger partial charge in [-0.3, -0.25) is 4.79 Å². The van der Waals surface area contributed by atoms with E-state index in [1.165, 1.54) is 6.07 Å². The first-order valence-electron chi connectivity index (χ1n) is 8.41. The number of hydrogen-bond acceptors (Lipinski definition) is 5. The molecule has 9 nitrogen and oxygen atoms in total. The monoisotopic (exact) mass is 448 g/mol. The molecule has 0 saturated heterocycles. The van der Waals surface area contributed by atoms with E-state index in [2.05, 4.69) is 20.6 Å². The van der Waals surface area contributed by atoms with Crippen LogP contribution in [0.25, 0.3) is 11.4 Å². The molecule has 0 fully saturated rings. The highest BCUT2D eigenvalue weighted by Crippen LogP contribution is 2.26. The van der Waals surface area contributed by atoms with Crippen molar-refractivity contribution >= 4 is 40.9 Å². The summed E-state index contributed by atoms with van der Waals surface area (Å²) >= 11 is 11.8. The number of carbonyl (C=O) groups excluding carboxylic acids is 1. The number of carbonyl (C=O) groups is 2. The lowest BCUT2D eigenvalue weighted by atomic mass is 10.1. The van der Waals surface area contributed by atoms with Crippen molar-refractivity contribution in [2.24, 2.45) is 0 Å². The molecule has 0 aliphatic heterocycles. The topological polar surface area (TPSA) is 144 Å². The van der Waals surface area contributed by atoms with Crippen LogP contribution in [0.2, 0.25) is 10.0 Å². The number of rotatable bonds is 5. The lowest BCUT2D eigenvalue weighted by Gasteiger charge is -2.12. The summed E-state index contributed by atoms with van der Waals surface area (Å²) in [6, 6.07) is 10.7. The van der Waals surface area contributed by atoms with Crippen LogP contribution in [0, 0.1) is 0 Å². The highest BCUT2D eigenvalue weighted by atomic mass is 35.5. The molecular formula is C19H14Cl2N4O5. The maximum absolute atomic E-state index is 12.3. The smallest absolute Gasteiger partial charge is 0.358 e. The van der Waals surface area contributed by atoms with E-state index in [1.807, 2.05) is 0 Å². The molecule has 1 heterocycles. The van der Waals surface area contributed by atoms with Gasteiger partial charge < -0.3 is 25.8 Å². The van der Waals surface area contributed by atoms with Gasteiger partial charge in [0.1, 0.15) is 5.82 Å². The standard InChI is InChI=1S/C19H14Cl2N4O5/c20-11-6-5-9(7-12(11)21)8-22-19(30)23-13-4-2-1-3-10(13)16-24-14(18(28)29)15(26)17(27)25-16/h1-7,26H,8H2,(H,28,29)(H2,22,23,30)(H,24,25,27). The van der Waals surface area contributed by atoms with Crippen LogP contribution in [-0.2, 0) is 6.54 Å². The molecule has 0 saturated carbocycles. The third-order valence-electron chi connectivity index (χ3n) is 3.96. The zero-order chi connectivity index (χ0) is 21.8. The molecule has 2 aromatic carbocycles. The van der Waals surface area contributed by atoms with Crippen LogP contribution in [0.4, 0.5) is 10.5 Å². The number of nitrogens with one attached hydrogen (secondary N) is 3. The Bertz CT molecular complexity index is 1200. The van der Waals surface area contributed by atoms with Gasteiger partial charge in [-0.05, 0) is 29.8 Å². The maximum Gasteiger partial charge on any atom is 0.358 e. The van der Waals surface area contributed by atoms with Crippen molar-refractivity contribution in [3.8, 4) is 17.1 Å². The number of urea groups is 1. The summed E-state index contributed by atoms with van der Waals surface area (Å²) in [4.78, 5) is 41.4. The van der Waals surface area contributed by atoms with Crippen LogP contribution in [-0.4, -0.2) is 32.2 Å². The van der Waals surface area contributed by atoms with E-state index < -0.39 is 29.0 Å². The van der Waals surface area contributed by atoms with Crippen molar-refractivity contribution < 1.29 is 19.8 Å². The fraction of sp³-hybridized carbons (Fsp3) is 0.0526. The first-order valence-corrected chi connectivity index (χ1v) is 9.16. The van der Waals surface area contributed by atoms with E-state index in [-0.39, 0.29) is 23.6 Å². The fourth-order valence-corrected chi connectivity index (χ4v) is 2.86. The van der Waals surface area contributed by atoms with Gasteiger partial charge in [0.05, 0.1) is 15.7 Å². The van der Waals surface area contributed by atoms with Gasteiger partial charge in [0, 0.05) is 12.1 Å². The number of carboxylic acid groups (broad SMARTS) is 1. The van der Waals surface area contributed by atoms with Crippen LogP contribution in [0.1, 0.15) is 16.1 Å². The molecule has 154 valence electrons. The second-order valence-electron chi connectivity index (χ2n) is 6.02. The predicted octanol–water partition coefficient (Wildman–Crippen LogP) is 3.47. The number of para-hydroxylation sites is 1. The Morgan fingerprint density at radius 3 is 2.53 bits per heavy atom. The SMILES string of the molecule is O=C(NCc1ccc(Cl)c(Cl)c1)Nc1ccccc1-c1nc(C(=O)O)c(O)c(=O)[nH]1. The number of amides is 2. The van der Waals surface area contributed by atoms with Crippen molar-refractivity contribution in [2.45, 2.75) is 6.54 Å². The molecule has 30 heavy (non-hydrogen) atoms. The van der Waals surface area contributed by atoms with E-state index >= 15 is 0 Å². The summed E-state index contributed by atoms with van der Waals surface area (Å²) in [5.74, 6) is -2.70. The van der Waals surface area contributed by atoms with Gasteiger partial charge in [-0.2, -0.15) is 0 Å². The number of aromatic amines is 1. The summed E-state index contributed by atoms with van der Waals surface area (Å²) in [6.45, 7) is 0.169. The molecule has 1 aromatic heterocycles. The highest BCUT2D eigenvalue weighted by Gasteiger charge is 2.19. The number of benzene rings is 2. The average Bonchev–Trinajstić information content (AvgIpc) is 2.71. The van der Waals surface area contributed by atoms with Crippen LogP contribution in [0.3, 0.4) is 0 Å². The average molecular weight is 449 g/mol. The number of anilines is 1. The first-order chi connectivity index (χ1) is 14.3. The maximum atomic E-state index is 12.3. The van der Waals surface area contributed by atoms with Gasteiger partial charge in [0.2, 0.25) is 5.75 Å². The molecule has 0 aliphatic carbocycles. The number of halogens is 2. The Balaban J connectivity index is 1.82. The molecule has 0 unspecified atom stereocenters. The molecule has 0 spiro atoms. The highest BCUT2D eigenvalue weighted by molar-refractivity contribution is 6.42. The lowest BCUT2D eigenvalue weighted by Crippen LogP contribution is -2.28. The molecule has 3 aromatic rings. The number of aromatic nitrogens is 2. The summed E-state index contributed by atoms with van der Waals surface area (Å²) < 4.78 is 0. The second kappa shape index (κ2) is 8.85. The Morgan fingerprint density at radius 2 is 1.83 bits per heavy atom. The molecule has 2 amide bonds. The van der Waals surface area contributed by atoms with Crippen molar-refractivity contribution in [3.05, 3.63) is 74.1 Å². The van der Waals surface area contributed by atoms with E-state index in [4.69, 9.17) is 28.3 Å². The van der Waals surface area contributed by atoms with Gasteiger partial charge >= 0.3 is 12.0 Å². The van der Waals surface area contributed by atoms with Gasteiger partial charge in [-0.25, -0.2) is 14.6 Å². The van der Waals surface area contributed by atoms with Crippen molar-refractivity contribution in [3.63, 3.8) is 0 Å². The van der Waals surface area contributed by atoms with Gasteiger partial charge in [0.25, 0.3) is 5.56 Å². The van der Waals surface area contributed by atoms with E-state index in [9.17, 15) is 19.5 Å². The van der Waals surface area contributed by atoms with Gasteiger partial charge in [-0.1, -0.05) is 41.4 Å². The zero-order valence-corrected chi connectivity index (χ0v) is 16.6. The number of aromatic carboxylic acids is 1. The largest absolute Gasteiger partial charge is 0.501 e. The van der Waals surface area contributed by atoms with E-state index in [0.29, 0.717) is 10.0 Å². The lowest BCUT2D eigenvalue weighted by molar-refractivity contribution is 0.0686. The molecule has 0 bridgehead atoms. The Kier molecular flexibility index (Phi) is 6.24. The summed E-state index contributed by atoms with van der Waals surface area (Å²) in [5, 5.41) is 24.7. The summed E-state index contributed by atoms with van der Waals surface area (Å²) in [7, 11) is 0. The Labute approximate surface area is 179 Å². The molecule has 11 heteroatoms. The number of hydrogen-bond donors (Lipinski definition) is 5. The molecule has 0 atom stereocenters. The predicted molar refractivity (Wildman–Crippen MR) is 111 cm³/mol. The quantitative estimate of drug-likeness (QED) is 0.404. The van der Waals surface area contributed by atoms with Crippen molar-refractivity contribution in [1.29, 1.82) is 0 Å². The van der Waals surface area contributed by atoms with Crippen LogP contribution in [0.15, 0.2) is 47.3 Å². The molecule has 0 radical (unpaired) electrons. The van der Waals surface area contributed by atoms with Gasteiger partial charge in [0.15, 0.2) is 5.69 Å². The number of nitrogens with zero attached hydrogens (tertiary/aromatic N) is 1. The molecular weight excluding hydrogens is 435 g/mol. The number of aromatic hydroxyl groups is 1. The summed E-state index contributed by atoms with van der Waals surface area (Å²) in [6.07, 6.45) is 0. The molecule has 5 N–H and O–H groups in total. The van der Waals surface area contributed by atoms with Crippen LogP contribution < -0.4 is 16.2 Å². The normalized spacial score (nSPS) is 10.5.